The quantitative estimate of drug-likeness (QED) is 0.812. The van der Waals surface area contributed by atoms with Gasteiger partial charge in [-0.25, -0.2) is 9.18 Å². The fourth-order valence-electron chi connectivity index (χ4n) is 2.13. The maximum absolute atomic E-state index is 13.3. The summed E-state index contributed by atoms with van der Waals surface area (Å²) in [5, 5.41) is 11.8. The van der Waals surface area contributed by atoms with Crippen molar-refractivity contribution < 1.29 is 14.3 Å². The van der Waals surface area contributed by atoms with Gasteiger partial charge in [0.2, 0.25) is 0 Å². The number of amides is 2. The lowest BCUT2D eigenvalue weighted by Gasteiger charge is -2.28. The number of nitrogens with one attached hydrogen (secondary N) is 1. The molecule has 5 heteroatoms. The molecule has 1 aromatic carbocycles. The molecule has 0 aliphatic heterocycles. The van der Waals surface area contributed by atoms with Crippen molar-refractivity contribution in [3.05, 3.63) is 35.6 Å². The first kappa shape index (κ1) is 17.4. The van der Waals surface area contributed by atoms with Crippen LogP contribution < -0.4 is 5.32 Å². The van der Waals surface area contributed by atoms with Gasteiger partial charge in [0.05, 0.1) is 6.61 Å². The summed E-state index contributed by atoms with van der Waals surface area (Å²) in [5.41, 5.74) is 0.474. The van der Waals surface area contributed by atoms with Crippen LogP contribution in [0.25, 0.3) is 0 Å². The molecule has 0 bridgehead atoms. The van der Waals surface area contributed by atoms with Crippen molar-refractivity contribution in [2.75, 3.05) is 26.2 Å². The van der Waals surface area contributed by atoms with E-state index in [2.05, 4.69) is 5.32 Å². The summed E-state index contributed by atoms with van der Waals surface area (Å²) in [4.78, 5) is 13.7. The number of halogens is 1. The third-order valence-electron chi connectivity index (χ3n) is 3.44. The molecule has 0 atom stereocenters. The van der Waals surface area contributed by atoms with Crippen LogP contribution in [-0.4, -0.2) is 42.3 Å². The highest BCUT2D eigenvalue weighted by Gasteiger charge is 2.23. The van der Waals surface area contributed by atoms with Gasteiger partial charge in [-0.1, -0.05) is 32.9 Å². The fraction of sp³-hybridized carbons (Fsp3) is 0.562. The molecule has 2 amide bonds. The van der Waals surface area contributed by atoms with E-state index in [9.17, 15) is 9.18 Å². The average Bonchev–Trinajstić information content (AvgIpc) is 2.44. The standard InChI is InChI=1S/C16H25FN2O2/c1-4-8-19(9-10-20)15(21)18-12-16(2,3)13-6-5-7-14(17)11-13/h5-7,11,20H,4,8-10,12H2,1-3H3,(H,18,21). The summed E-state index contributed by atoms with van der Waals surface area (Å²) in [7, 11) is 0. The van der Waals surface area contributed by atoms with Crippen LogP contribution in [0.5, 0.6) is 0 Å². The van der Waals surface area contributed by atoms with Crippen LogP contribution in [0.1, 0.15) is 32.8 Å². The maximum Gasteiger partial charge on any atom is 0.317 e. The van der Waals surface area contributed by atoms with Crippen molar-refractivity contribution in [1.29, 1.82) is 0 Å². The number of hydrogen-bond donors (Lipinski definition) is 2. The zero-order valence-electron chi connectivity index (χ0n) is 13.0. The zero-order chi connectivity index (χ0) is 15.9. The topological polar surface area (TPSA) is 52.6 Å². The molecule has 1 aromatic rings. The summed E-state index contributed by atoms with van der Waals surface area (Å²) < 4.78 is 13.3. The summed E-state index contributed by atoms with van der Waals surface area (Å²) >= 11 is 0. The molecule has 2 N–H and O–H groups in total. The van der Waals surface area contributed by atoms with Crippen LogP contribution in [0.2, 0.25) is 0 Å². The van der Waals surface area contributed by atoms with Gasteiger partial charge in [-0.05, 0) is 24.1 Å². The van der Waals surface area contributed by atoms with E-state index in [0.717, 1.165) is 12.0 Å². The number of hydrogen-bond acceptors (Lipinski definition) is 2. The molecule has 1 rings (SSSR count). The first-order valence-corrected chi connectivity index (χ1v) is 7.30. The molecule has 0 heterocycles. The number of nitrogens with zero attached hydrogens (tertiary/aromatic N) is 1. The minimum Gasteiger partial charge on any atom is -0.395 e. The number of benzene rings is 1. The van der Waals surface area contributed by atoms with Gasteiger partial charge in [0, 0.05) is 25.0 Å². The number of aliphatic hydroxyl groups excluding tert-OH is 1. The third-order valence-corrected chi connectivity index (χ3v) is 3.44. The van der Waals surface area contributed by atoms with Gasteiger partial charge >= 0.3 is 6.03 Å². The molecule has 0 spiro atoms. The molecule has 0 saturated carbocycles. The Morgan fingerprint density at radius 1 is 1.38 bits per heavy atom. The van der Waals surface area contributed by atoms with Crippen molar-refractivity contribution in [2.24, 2.45) is 0 Å². The molecule has 0 unspecified atom stereocenters. The van der Waals surface area contributed by atoms with Gasteiger partial charge < -0.3 is 15.3 Å². The smallest absolute Gasteiger partial charge is 0.317 e. The zero-order valence-corrected chi connectivity index (χ0v) is 13.0. The molecule has 4 nitrogen and oxygen atoms in total. The van der Waals surface area contributed by atoms with E-state index < -0.39 is 0 Å². The minimum absolute atomic E-state index is 0.0549. The SMILES string of the molecule is CCCN(CCO)C(=O)NCC(C)(C)c1cccc(F)c1. The van der Waals surface area contributed by atoms with Crippen molar-refractivity contribution in [1.82, 2.24) is 10.2 Å². The predicted octanol–water partition coefficient (Wildman–Crippen LogP) is 2.52. The largest absolute Gasteiger partial charge is 0.395 e. The summed E-state index contributed by atoms with van der Waals surface area (Å²) in [6, 6.07) is 6.22. The molecular weight excluding hydrogens is 271 g/mol. The Morgan fingerprint density at radius 3 is 2.67 bits per heavy atom. The summed E-state index contributed by atoms with van der Waals surface area (Å²) in [5.74, 6) is -0.278. The number of aliphatic hydroxyl groups is 1. The third kappa shape index (κ3) is 5.34. The van der Waals surface area contributed by atoms with Crippen molar-refractivity contribution in [2.45, 2.75) is 32.6 Å². The Morgan fingerprint density at radius 2 is 2.10 bits per heavy atom. The van der Waals surface area contributed by atoms with E-state index in [1.54, 1.807) is 11.0 Å². The van der Waals surface area contributed by atoms with Crippen molar-refractivity contribution >= 4 is 6.03 Å². The molecule has 0 aliphatic rings. The maximum atomic E-state index is 13.3. The summed E-state index contributed by atoms with van der Waals surface area (Å²) in [6.45, 7) is 7.17. The lowest BCUT2D eigenvalue weighted by atomic mass is 9.84. The van der Waals surface area contributed by atoms with Gasteiger partial charge in [0.25, 0.3) is 0 Å². The van der Waals surface area contributed by atoms with E-state index in [1.807, 2.05) is 26.8 Å². The molecular formula is C16H25FN2O2. The second-order valence-corrected chi connectivity index (χ2v) is 5.76. The highest BCUT2D eigenvalue weighted by atomic mass is 19.1. The number of carbonyl (C=O) groups is 1. The van der Waals surface area contributed by atoms with E-state index in [-0.39, 0.29) is 23.9 Å². The lowest BCUT2D eigenvalue weighted by molar-refractivity contribution is 0.175. The van der Waals surface area contributed by atoms with Crippen molar-refractivity contribution in [3.8, 4) is 0 Å². The van der Waals surface area contributed by atoms with Gasteiger partial charge in [0.15, 0.2) is 0 Å². The van der Waals surface area contributed by atoms with Gasteiger partial charge in [0.1, 0.15) is 5.82 Å². The van der Waals surface area contributed by atoms with E-state index in [1.165, 1.54) is 12.1 Å². The van der Waals surface area contributed by atoms with Crippen LogP contribution in [0, 0.1) is 5.82 Å². The number of rotatable bonds is 7. The fourth-order valence-corrected chi connectivity index (χ4v) is 2.13. The minimum atomic E-state index is -0.366. The summed E-state index contributed by atoms with van der Waals surface area (Å²) in [6.07, 6.45) is 0.834. The van der Waals surface area contributed by atoms with Crippen LogP contribution >= 0.6 is 0 Å². The molecule has 118 valence electrons. The second-order valence-electron chi connectivity index (χ2n) is 5.76. The number of carbonyl (C=O) groups excluding carboxylic acids is 1. The highest BCUT2D eigenvalue weighted by molar-refractivity contribution is 5.74. The molecule has 0 radical (unpaired) electrons. The monoisotopic (exact) mass is 296 g/mol. The first-order valence-electron chi connectivity index (χ1n) is 7.30. The lowest BCUT2D eigenvalue weighted by Crippen LogP contribution is -2.46. The Hall–Kier alpha value is -1.62. The Bertz CT molecular complexity index is 457. The molecule has 0 fully saturated rings. The molecule has 0 aliphatic carbocycles. The van der Waals surface area contributed by atoms with Crippen LogP contribution in [0.4, 0.5) is 9.18 Å². The normalized spacial score (nSPS) is 11.3. The Kier molecular flexibility index (Phi) is 6.62. The van der Waals surface area contributed by atoms with E-state index >= 15 is 0 Å². The predicted molar refractivity (Wildman–Crippen MR) is 81.8 cm³/mol. The van der Waals surface area contributed by atoms with Crippen LogP contribution in [0.15, 0.2) is 24.3 Å². The molecule has 0 saturated heterocycles. The van der Waals surface area contributed by atoms with Crippen LogP contribution in [0.3, 0.4) is 0 Å². The van der Waals surface area contributed by atoms with Gasteiger partial charge in [-0.3, -0.25) is 0 Å². The first-order chi connectivity index (χ1) is 9.90. The number of urea groups is 1. The highest BCUT2D eigenvalue weighted by Crippen LogP contribution is 2.22. The second kappa shape index (κ2) is 7.98. The Balaban J connectivity index is 2.65. The van der Waals surface area contributed by atoms with Gasteiger partial charge in [-0.15, -0.1) is 0 Å². The van der Waals surface area contributed by atoms with Crippen molar-refractivity contribution in [3.63, 3.8) is 0 Å². The van der Waals surface area contributed by atoms with E-state index in [4.69, 9.17) is 5.11 Å². The van der Waals surface area contributed by atoms with Gasteiger partial charge in [-0.2, -0.15) is 0 Å². The molecule has 21 heavy (non-hydrogen) atoms. The Labute approximate surface area is 126 Å². The molecule has 0 aromatic heterocycles. The average molecular weight is 296 g/mol. The van der Waals surface area contributed by atoms with E-state index in [0.29, 0.717) is 19.6 Å². The van der Waals surface area contributed by atoms with Crippen LogP contribution in [-0.2, 0) is 5.41 Å².